The number of thiazole rings is 1. The summed E-state index contributed by atoms with van der Waals surface area (Å²) < 4.78 is 0.866. The number of nitro benzene ring substituents is 1. The molecule has 0 saturated carbocycles. The molecule has 1 aliphatic heterocycles. The Balaban J connectivity index is 1.74. The predicted molar refractivity (Wildman–Crippen MR) is 133 cm³/mol. The summed E-state index contributed by atoms with van der Waals surface area (Å²) in [5, 5.41) is 22.6. The maximum Gasteiger partial charge on any atom is 0.301 e. The number of hydrogen-bond acceptors (Lipinski definition) is 7. The summed E-state index contributed by atoms with van der Waals surface area (Å²) in [5.74, 6) is -1.98. The molecule has 35 heavy (non-hydrogen) atoms. The number of aromatic nitrogens is 1. The highest BCUT2D eigenvalue weighted by Gasteiger charge is 2.48. The number of carbonyl (C=O) groups excluding carboxylic acids is 2. The average Bonchev–Trinajstić information content (AvgIpc) is 3.38. The van der Waals surface area contributed by atoms with Crippen molar-refractivity contribution >= 4 is 49.8 Å². The van der Waals surface area contributed by atoms with E-state index in [9.17, 15) is 24.8 Å². The number of ketones is 1. The lowest BCUT2D eigenvalue weighted by molar-refractivity contribution is -0.384. The lowest BCUT2D eigenvalue weighted by Crippen LogP contribution is -2.29. The van der Waals surface area contributed by atoms with Crippen LogP contribution in [0.1, 0.15) is 28.3 Å². The third-order valence-corrected chi connectivity index (χ3v) is 6.94. The molecule has 1 atom stereocenters. The van der Waals surface area contributed by atoms with Gasteiger partial charge in [-0.05, 0) is 48.7 Å². The summed E-state index contributed by atoms with van der Waals surface area (Å²) in [5.41, 5.74) is 3.32. The van der Waals surface area contributed by atoms with Crippen molar-refractivity contribution in [3.8, 4) is 0 Å². The molecule has 1 saturated heterocycles. The monoisotopic (exact) mass is 485 g/mol. The Kier molecular flexibility index (Phi) is 5.41. The summed E-state index contributed by atoms with van der Waals surface area (Å²) in [6, 6.07) is 17.0. The van der Waals surface area contributed by atoms with Crippen LogP contribution in [0, 0.1) is 24.0 Å². The first-order valence-corrected chi connectivity index (χ1v) is 11.6. The molecule has 1 aromatic heterocycles. The van der Waals surface area contributed by atoms with Crippen molar-refractivity contribution in [1.29, 1.82) is 0 Å². The molecule has 1 aliphatic rings. The number of Topliss-reactive ketones (excluding diaryl/α,β-unsaturated/α-hetero) is 1. The van der Waals surface area contributed by atoms with Gasteiger partial charge in [0, 0.05) is 17.7 Å². The summed E-state index contributed by atoms with van der Waals surface area (Å²) in [7, 11) is 0. The summed E-state index contributed by atoms with van der Waals surface area (Å²) >= 11 is 1.27. The zero-order chi connectivity index (χ0) is 24.9. The van der Waals surface area contributed by atoms with E-state index >= 15 is 0 Å². The minimum atomic E-state index is -1.00. The molecule has 0 spiro atoms. The Hall–Kier alpha value is -4.37. The second kappa shape index (κ2) is 8.44. The van der Waals surface area contributed by atoms with Crippen molar-refractivity contribution in [1.82, 2.24) is 4.98 Å². The summed E-state index contributed by atoms with van der Waals surface area (Å²) in [4.78, 5) is 43.2. The van der Waals surface area contributed by atoms with E-state index < -0.39 is 22.7 Å². The van der Waals surface area contributed by atoms with Gasteiger partial charge >= 0.3 is 5.91 Å². The second-order valence-electron chi connectivity index (χ2n) is 8.31. The molecule has 1 fully saturated rings. The smallest absolute Gasteiger partial charge is 0.301 e. The molecular weight excluding hydrogens is 466 g/mol. The van der Waals surface area contributed by atoms with Gasteiger partial charge in [0.15, 0.2) is 5.13 Å². The molecule has 0 unspecified atom stereocenters. The number of carbonyl (C=O) groups is 2. The normalized spacial score (nSPS) is 17.3. The molecule has 0 bridgehead atoms. The van der Waals surface area contributed by atoms with Gasteiger partial charge in [-0.2, -0.15) is 0 Å². The van der Waals surface area contributed by atoms with E-state index in [0.717, 1.165) is 21.3 Å². The van der Waals surface area contributed by atoms with E-state index in [1.807, 2.05) is 26.0 Å². The Bertz CT molecular complexity index is 1540. The van der Waals surface area contributed by atoms with Crippen molar-refractivity contribution < 1.29 is 19.6 Å². The first-order chi connectivity index (χ1) is 16.8. The van der Waals surface area contributed by atoms with E-state index in [0.29, 0.717) is 16.3 Å². The van der Waals surface area contributed by atoms with Crippen molar-refractivity contribution in [2.75, 3.05) is 4.90 Å². The highest BCUT2D eigenvalue weighted by Crippen LogP contribution is 2.44. The number of nitrogens with zero attached hydrogens (tertiary/aromatic N) is 3. The lowest BCUT2D eigenvalue weighted by Gasteiger charge is -2.22. The molecule has 0 radical (unpaired) electrons. The molecule has 3 aromatic carbocycles. The van der Waals surface area contributed by atoms with Crippen LogP contribution in [0.2, 0.25) is 0 Å². The fourth-order valence-electron chi connectivity index (χ4n) is 4.34. The van der Waals surface area contributed by atoms with Crippen LogP contribution in [0.15, 0.2) is 72.3 Å². The minimum absolute atomic E-state index is 0.0952. The highest BCUT2D eigenvalue weighted by atomic mass is 32.1. The molecule has 9 heteroatoms. The van der Waals surface area contributed by atoms with Crippen LogP contribution in [-0.2, 0) is 9.59 Å². The molecule has 1 amide bonds. The minimum Gasteiger partial charge on any atom is -0.507 e. The Labute approximate surface area is 203 Å². The van der Waals surface area contributed by atoms with E-state index in [-0.39, 0.29) is 17.0 Å². The largest absolute Gasteiger partial charge is 0.507 e. The lowest BCUT2D eigenvalue weighted by atomic mass is 9.95. The zero-order valence-corrected chi connectivity index (χ0v) is 19.6. The van der Waals surface area contributed by atoms with Gasteiger partial charge < -0.3 is 5.11 Å². The van der Waals surface area contributed by atoms with Crippen LogP contribution in [-0.4, -0.2) is 26.7 Å². The third kappa shape index (κ3) is 3.75. The molecule has 0 aliphatic carbocycles. The van der Waals surface area contributed by atoms with Crippen molar-refractivity contribution in [2.24, 2.45) is 0 Å². The fraction of sp³-hybridized carbons (Fsp3) is 0.115. The van der Waals surface area contributed by atoms with Crippen LogP contribution < -0.4 is 4.90 Å². The van der Waals surface area contributed by atoms with Gasteiger partial charge in [-0.15, -0.1) is 0 Å². The van der Waals surface area contributed by atoms with Gasteiger partial charge in [-0.25, -0.2) is 4.98 Å². The number of aliphatic hydroxyl groups excluding tert-OH is 1. The Morgan fingerprint density at radius 2 is 1.74 bits per heavy atom. The summed E-state index contributed by atoms with van der Waals surface area (Å²) in [6.07, 6.45) is 0. The number of anilines is 1. The molecule has 4 aromatic rings. The standard InChI is InChI=1S/C26H19N3O5S/c1-14-12-15(2)21-19(13-14)35-26(27-21)28-22(16-8-10-18(11-9-16)29(33)34)20(24(31)25(28)32)23(30)17-6-4-3-5-7-17/h3-13,22,30H,1-2H3/t22-/m1/s1. The molecule has 174 valence electrons. The molecule has 5 rings (SSSR count). The van der Waals surface area contributed by atoms with Crippen molar-refractivity contribution in [3.63, 3.8) is 0 Å². The van der Waals surface area contributed by atoms with Crippen LogP contribution >= 0.6 is 11.3 Å². The maximum absolute atomic E-state index is 13.3. The van der Waals surface area contributed by atoms with E-state index in [2.05, 4.69) is 4.98 Å². The van der Waals surface area contributed by atoms with E-state index in [1.165, 1.54) is 40.5 Å². The van der Waals surface area contributed by atoms with Crippen molar-refractivity contribution in [2.45, 2.75) is 19.9 Å². The van der Waals surface area contributed by atoms with Gasteiger partial charge in [0.2, 0.25) is 0 Å². The number of benzene rings is 3. The van der Waals surface area contributed by atoms with E-state index in [4.69, 9.17) is 0 Å². The number of non-ortho nitro benzene ring substituents is 1. The zero-order valence-electron chi connectivity index (χ0n) is 18.8. The first-order valence-electron chi connectivity index (χ1n) is 10.7. The van der Waals surface area contributed by atoms with Crippen molar-refractivity contribution in [3.05, 3.63) is 105 Å². The van der Waals surface area contributed by atoms with Gasteiger partial charge in [0.05, 0.1) is 26.8 Å². The van der Waals surface area contributed by atoms with Crippen LogP contribution in [0.4, 0.5) is 10.8 Å². The van der Waals surface area contributed by atoms with Gasteiger partial charge in [0.1, 0.15) is 5.76 Å². The Morgan fingerprint density at radius 3 is 2.40 bits per heavy atom. The number of aryl methyl sites for hydroxylation is 2. The van der Waals surface area contributed by atoms with Crippen LogP contribution in [0.3, 0.4) is 0 Å². The number of rotatable bonds is 4. The quantitative estimate of drug-likeness (QED) is 0.135. The molecule has 8 nitrogen and oxygen atoms in total. The number of aliphatic hydroxyl groups is 1. The highest BCUT2D eigenvalue weighted by molar-refractivity contribution is 7.22. The molecule has 2 heterocycles. The average molecular weight is 486 g/mol. The predicted octanol–water partition coefficient (Wildman–Crippen LogP) is 5.45. The molecular formula is C26H19N3O5S. The second-order valence-corrected chi connectivity index (χ2v) is 9.32. The van der Waals surface area contributed by atoms with E-state index in [1.54, 1.807) is 30.3 Å². The van der Waals surface area contributed by atoms with Gasteiger partial charge in [-0.3, -0.25) is 24.6 Å². The number of amides is 1. The third-order valence-electron chi connectivity index (χ3n) is 5.94. The van der Waals surface area contributed by atoms with Gasteiger partial charge in [0.25, 0.3) is 11.5 Å². The topological polar surface area (TPSA) is 114 Å². The summed E-state index contributed by atoms with van der Waals surface area (Å²) in [6.45, 7) is 3.89. The van der Waals surface area contributed by atoms with Gasteiger partial charge in [-0.1, -0.05) is 47.7 Å². The molecule has 1 N–H and O–H groups in total. The van der Waals surface area contributed by atoms with Crippen LogP contribution in [0.5, 0.6) is 0 Å². The Morgan fingerprint density at radius 1 is 1.06 bits per heavy atom. The number of hydrogen-bond donors (Lipinski definition) is 1. The fourth-order valence-corrected chi connectivity index (χ4v) is 5.51. The number of fused-ring (bicyclic) bond motifs is 1. The first kappa shape index (κ1) is 22.4. The van der Waals surface area contributed by atoms with Crippen LogP contribution in [0.25, 0.3) is 16.0 Å². The number of nitro groups is 1. The SMILES string of the molecule is Cc1cc(C)c2nc(N3C(=O)C(=O)C(=C(O)c4ccccc4)[C@H]3c3ccc([N+](=O)[O-])cc3)sc2c1. The maximum atomic E-state index is 13.3.